The Kier molecular flexibility index (Phi) is 4.28. The first-order chi connectivity index (χ1) is 9.27. The Labute approximate surface area is 122 Å². The SMILES string of the molecule is Cc1cc(C(=O)N2CCN(S(N)(=O)=O)CC2)cc(Cl)n1. The number of hydrogen-bond acceptors (Lipinski definition) is 4. The van der Waals surface area contributed by atoms with Gasteiger partial charge in [-0.05, 0) is 19.1 Å². The quantitative estimate of drug-likeness (QED) is 0.776. The highest BCUT2D eigenvalue weighted by molar-refractivity contribution is 7.86. The predicted molar refractivity (Wildman–Crippen MR) is 74.6 cm³/mol. The number of nitrogens with zero attached hydrogens (tertiary/aromatic N) is 3. The van der Waals surface area contributed by atoms with E-state index in [1.54, 1.807) is 17.9 Å². The summed E-state index contributed by atoms with van der Waals surface area (Å²) in [6.45, 7) is 2.74. The van der Waals surface area contributed by atoms with E-state index >= 15 is 0 Å². The first-order valence-electron chi connectivity index (χ1n) is 5.99. The van der Waals surface area contributed by atoms with Crippen molar-refractivity contribution in [1.29, 1.82) is 0 Å². The fourth-order valence-corrected chi connectivity index (χ4v) is 3.00. The van der Waals surface area contributed by atoms with Crippen LogP contribution < -0.4 is 5.14 Å². The van der Waals surface area contributed by atoms with Gasteiger partial charge in [0.15, 0.2) is 0 Å². The summed E-state index contributed by atoms with van der Waals surface area (Å²) in [7, 11) is -3.69. The molecule has 1 aromatic heterocycles. The van der Waals surface area contributed by atoms with Gasteiger partial charge >= 0.3 is 0 Å². The van der Waals surface area contributed by atoms with Crippen molar-refractivity contribution in [3.8, 4) is 0 Å². The van der Waals surface area contributed by atoms with E-state index in [2.05, 4.69) is 4.98 Å². The Hall–Kier alpha value is -1.22. The lowest BCUT2D eigenvalue weighted by molar-refractivity contribution is 0.0697. The molecule has 7 nitrogen and oxygen atoms in total. The Morgan fingerprint density at radius 1 is 1.30 bits per heavy atom. The van der Waals surface area contributed by atoms with Gasteiger partial charge in [-0.3, -0.25) is 4.79 Å². The molecule has 20 heavy (non-hydrogen) atoms. The summed E-state index contributed by atoms with van der Waals surface area (Å²) in [5.74, 6) is -0.188. The molecule has 1 aliphatic rings. The number of rotatable bonds is 2. The number of piperazine rings is 1. The van der Waals surface area contributed by atoms with Crippen LogP contribution in [-0.4, -0.2) is 54.7 Å². The maximum absolute atomic E-state index is 12.3. The Morgan fingerprint density at radius 2 is 1.90 bits per heavy atom. The third-order valence-electron chi connectivity index (χ3n) is 3.05. The van der Waals surface area contributed by atoms with Gasteiger partial charge in [0.2, 0.25) is 0 Å². The van der Waals surface area contributed by atoms with Crippen LogP contribution in [0, 0.1) is 6.92 Å². The number of amides is 1. The molecule has 1 aliphatic heterocycles. The second-order valence-corrected chi connectivity index (χ2v) is 6.49. The topological polar surface area (TPSA) is 96.6 Å². The third-order valence-corrected chi connectivity index (χ3v) is 4.33. The second kappa shape index (κ2) is 5.65. The Morgan fingerprint density at radius 3 is 2.40 bits per heavy atom. The van der Waals surface area contributed by atoms with E-state index in [9.17, 15) is 13.2 Å². The van der Waals surface area contributed by atoms with Crippen molar-refractivity contribution >= 4 is 27.7 Å². The standard InChI is InChI=1S/C11H15ClN4O3S/c1-8-6-9(7-10(12)14-8)11(17)15-2-4-16(5-3-15)20(13,18)19/h6-7H,2-5H2,1H3,(H2,13,18,19). The predicted octanol–water partition coefficient (Wildman–Crippen LogP) is 0.00472. The Balaban J connectivity index is 2.09. The van der Waals surface area contributed by atoms with Gasteiger partial charge in [-0.2, -0.15) is 12.7 Å². The zero-order valence-corrected chi connectivity index (χ0v) is 12.5. The summed E-state index contributed by atoms with van der Waals surface area (Å²) in [6.07, 6.45) is 0. The third kappa shape index (κ3) is 3.45. The number of aromatic nitrogens is 1. The van der Waals surface area contributed by atoms with Crippen LogP contribution in [0.2, 0.25) is 5.15 Å². The van der Waals surface area contributed by atoms with Gasteiger partial charge < -0.3 is 4.90 Å². The maximum atomic E-state index is 12.3. The first-order valence-corrected chi connectivity index (χ1v) is 7.87. The summed E-state index contributed by atoms with van der Waals surface area (Å²) in [5.41, 5.74) is 1.11. The molecule has 0 saturated carbocycles. The largest absolute Gasteiger partial charge is 0.336 e. The van der Waals surface area contributed by atoms with E-state index in [4.69, 9.17) is 16.7 Å². The van der Waals surface area contributed by atoms with Crippen molar-refractivity contribution in [1.82, 2.24) is 14.2 Å². The molecule has 0 radical (unpaired) electrons. The van der Waals surface area contributed by atoms with Crippen LogP contribution in [0.4, 0.5) is 0 Å². The van der Waals surface area contributed by atoms with Crippen LogP contribution in [-0.2, 0) is 10.2 Å². The van der Waals surface area contributed by atoms with E-state index in [0.29, 0.717) is 24.3 Å². The average Bonchev–Trinajstić information content (AvgIpc) is 2.36. The number of pyridine rings is 1. The molecule has 0 atom stereocenters. The number of aryl methyl sites for hydroxylation is 1. The summed E-state index contributed by atoms with van der Waals surface area (Å²) in [5, 5.41) is 5.31. The van der Waals surface area contributed by atoms with Crippen molar-refractivity contribution in [3.63, 3.8) is 0 Å². The summed E-state index contributed by atoms with van der Waals surface area (Å²) >= 11 is 5.83. The van der Waals surface area contributed by atoms with Gasteiger partial charge in [0.1, 0.15) is 5.15 Å². The van der Waals surface area contributed by atoms with Crippen molar-refractivity contribution in [2.45, 2.75) is 6.92 Å². The van der Waals surface area contributed by atoms with Crippen LogP contribution >= 0.6 is 11.6 Å². The molecule has 1 amide bonds. The molecule has 9 heteroatoms. The van der Waals surface area contributed by atoms with Gasteiger partial charge in [-0.25, -0.2) is 10.1 Å². The smallest absolute Gasteiger partial charge is 0.277 e. The van der Waals surface area contributed by atoms with Gasteiger partial charge in [0.25, 0.3) is 16.1 Å². The molecular weight excluding hydrogens is 304 g/mol. The zero-order valence-electron chi connectivity index (χ0n) is 10.9. The molecule has 1 aromatic rings. The van der Waals surface area contributed by atoms with Crippen LogP contribution in [0.1, 0.15) is 16.1 Å². The van der Waals surface area contributed by atoms with Gasteiger partial charge in [-0.1, -0.05) is 11.6 Å². The van der Waals surface area contributed by atoms with E-state index < -0.39 is 10.2 Å². The van der Waals surface area contributed by atoms with E-state index in [1.807, 2.05) is 0 Å². The summed E-state index contributed by atoms with van der Waals surface area (Å²) in [4.78, 5) is 17.9. The van der Waals surface area contributed by atoms with E-state index in [-0.39, 0.29) is 24.1 Å². The highest BCUT2D eigenvalue weighted by Crippen LogP contribution is 2.14. The van der Waals surface area contributed by atoms with Crippen molar-refractivity contribution in [3.05, 3.63) is 28.5 Å². The first kappa shape index (κ1) is 15.2. The maximum Gasteiger partial charge on any atom is 0.277 e. The molecule has 2 rings (SSSR count). The van der Waals surface area contributed by atoms with E-state index in [0.717, 1.165) is 4.31 Å². The lowest BCUT2D eigenvalue weighted by Crippen LogP contribution is -2.52. The van der Waals surface area contributed by atoms with Crippen LogP contribution in [0.15, 0.2) is 12.1 Å². The number of carbonyl (C=O) groups excluding carboxylic acids is 1. The minimum atomic E-state index is -3.69. The molecule has 0 bridgehead atoms. The fraction of sp³-hybridized carbons (Fsp3) is 0.455. The summed E-state index contributed by atoms with van der Waals surface area (Å²) in [6, 6.07) is 3.16. The number of hydrogen-bond donors (Lipinski definition) is 1. The number of carbonyl (C=O) groups is 1. The highest BCUT2D eigenvalue weighted by atomic mass is 35.5. The molecule has 0 spiro atoms. The monoisotopic (exact) mass is 318 g/mol. The van der Waals surface area contributed by atoms with Crippen LogP contribution in [0.3, 0.4) is 0 Å². The fourth-order valence-electron chi connectivity index (χ4n) is 2.08. The minimum absolute atomic E-state index is 0.188. The lowest BCUT2D eigenvalue weighted by Gasteiger charge is -2.33. The lowest BCUT2D eigenvalue weighted by atomic mass is 10.2. The van der Waals surface area contributed by atoms with Crippen molar-refractivity contribution < 1.29 is 13.2 Å². The molecule has 2 heterocycles. The van der Waals surface area contributed by atoms with Crippen LogP contribution in [0.25, 0.3) is 0 Å². The molecule has 0 aromatic carbocycles. The molecule has 0 aliphatic carbocycles. The van der Waals surface area contributed by atoms with Crippen molar-refractivity contribution in [2.24, 2.45) is 5.14 Å². The van der Waals surface area contributed by atoms with E-state index in [1.165, 1.54) is 6.07 Å². The molecular formula is C11H15ClN4O3S. The minimum Gasteiger partial charge on any atom is -0.336 e. The van der Waals surface area contributed by atoms with Crippen LogP contribution in [0.5, 0.6) is 0 Å². The molecule has 1 fully saturated rings. The van der Waals surface area contributed by atoms with Gasteiger partial charge in [0.05, 0.1) is 0 Å². The number of nitrogens with two attached hydrogens (primary N) is 1. The Bertz CT molecular complexity index is 606. The highest BCUT2D eigenvalue weighted by Gasteiger charge is 2.27. The second-order valence-electron chi connectivity index (χ2n) is 4.56. The molecule has 1 saturated heterocycles. The molecule has 2 N–H and O–H groups in total. The normalized spacial score (nSPS) is 17.2. The molecule has 0 unspecified atom stereocenters. The molecule has 110 valence electrons. The van der Waals surface area contributed by atoms with Gasteiger partial charge in [-0.15, -0.1) is 0 Å². The number of halogens is 1. The average molecular weight is 319 g/mol. The van der Waals surface area contributed by atoms with Crippen molar-refractivity contribution in [2.75, 3.05) is 26.2 Å². The van der Waals surface area contributed by atoms with Gasteiger partial charge in [0, 0.05) is 37.4 Å². The summed E-state index contributed by atoms with van der Waals surface area (Å²) < 4.78 is 23.5. The zero-order chi connectivity index (χ0) is 14.9.